The Kier molecular flexibility index (Phi) is 5.78. The van der Waals surface area contributed by atoms with E-state index < -0.39 is 0 Å². The summed E-state index contributed by atoms with van der Waals surface area (Å²) < 4.78 is 5.05. The number of aromatic nitrogens is 2. The lowest BCUT2D eigenvalue weighted by atomic mass is 10.2. The number of carbonyl (C=O) groups is 1. The summed E-state index contributed by atoms with van der Waals surface area (Å²) in [5, 5.41) is 4.00. The lowest BCUT2D eigenvalue weighted by Crippen LogP contribution is -2.49. The summed E-state index contributed by atoms with van der Waals surface area (Å²) in [5.74, 6) is 1.53. The number of anilines is 3. The summed E-state index contributed by atoms with van der Waals surface area (Å²) in [4.78, 5) is 24.3. The fourth-order valence-electron chi connectivity index (χ4n) is 2.80. The number of piperazine rings is 1. The number of halogens is 1. The predicted molar refractivity (Wildman–Crippen MR) is 102 cm³/mol. The van der Waals surface area contributed by atoms with Crippen molar-refractivity contribution >= 4 is 35.0 Å². The van der Waals surface area contributed by atoms with Crippen LogP contribution >= 0.6 is 11.6 Å². The van der Waals surface area contributed by atoms with Gasteiger partial charge in [0, 0.05) is 43.0 Å². The Morgan fingerprint density at radius 1 is 1.27 bits per heavy atom. The van der Waals surface area contributed by atoms with E-state index in [0.29, 0.717) is 43.6 Å². The van der Waals surface area contributed by atoms with Crippen LogP contribution in [0.2, 0.25) is 5.02 Å². The first-order chi connectivity index (χ1) is 12.6. The molecule has 7 nitrogen and oxygen atoms in total. The van der Waals surface area contributed by atoms with Gasteiger partial charge in [-0.2, -0.15) is 0 Å². The van der Waals surface area contributed by atoms with Gasteiger partial charge in [0.2, 0.25) is 0 Å². The summed E-state index contributed by atoms with van der Waals surface area (Å²) in [5.41, 5.74) is 1.88. The molecule has 0 saturated carbocycles. The highest BCUT2D eigenvalue weighted by Crippen LogP contribution is 2.26. The molecular formula is C18H22ClN5O2. The maximum Gasteiger partial charge on any atom is 0.409 e. The molecule has 1 fully saturated rings. The van der Waals surface area contributed by atoms with Gasteiger partial charge in [-0.3, -0.25) is 0 Å². The van der Waals surface area contributed by atoms with Gasteiger partial charge in [0.05, 0.1) is 6.61 Å². The molecule has 3 rings (SSSR count). The van der Waals surface area contributed by atoms with Crippen molar-refractivity contribution in [2.45, 2.75) is 13.8 Å². The molecular weight excluding hydrogens is 354 g/mol. The average Bonchev–Trinajstić information content (AvgIpc) is 2.66. The molecule has 1 amide bonds. The van der Waals surface area contributed by atoms with E-state index in [-0.39, 0.29) is 6.09 Å². The van der Waals surface area contributed by atoms with E-state index in [1.165, 1.54) is 6.33 Å². The molecule has 0 aliphatic carbocycles. The number of hydrogen-bond acceptors (Lipinski definition) is 6. The SMILES string of the molecule is CCOC(=O)N1CCN(c2cc(Nc3cccc(Cl)c3C)ncn2)CC1. The minimum absolute atomic E-state index is 0.256. The number of amides is 1. The van der Waals surface area contributed by atoms with Gasteiger partial charge in [0.1, 0.15) is 18.0 Å². The molecule has 1 aromatic carbocycles. The monoisotopic (exact) mass is 375 g/mol. The van der Waals surface area contributed by atoms with Crippen molar-refractivity contribution in [2.24, 2.45) is 0 Å². The van der Waals surface area contributed by atoms with E-state index in [4.69, 9.17) is 16.3 Å². The Bertz CT molecular complexity index is 778. The molecule has 2 heterocycles. The molecule has 0 atom stereocenters. The molecule has 1 saturated heterocycles. The van der Waals surface area contributed by atoms with Gasteiger partial charge in [-0.05, 0) is 31.5 Å². The second kappa shape index (κ2) is 8.23. The zero-order valence-corrected chi connectivity index (χ0v) is 15.7. The molecule has 0 radical (unpaired) electrons. The van der Waals surface area contributed by atoms with Crippen molar-refractivity contribution in [1.29, 1.82) is 0 Å². The van der Waals surface area contributed by atoms with Gasteiger partial charge >= 0.3 is 6.09 Å². The van der Waals surface area contributed by atoms with Crippen LogP contribution in [0.3, 0.4) is 0 Å². The average molecular weight is 376 g/mol. The molecule has 138 valence electrons. The van der Waals surface area contributed by atoms with Crippen molar-refractivity contribution in [3.8, 4) is 0 Å². The Morgan fingerprint density at radius 2 is 2.04 bits per heavy atom. The minimum atomic E-state index is -0.256. The van der Waals surface area contributed by atoms with Crippen LogP contribution in [0.4, 0.5) is 22.1 Å². The van der Waals surface area contributed by atoms with Gasteiger partial charge in [0.25, 0.3) is 0 Å². The van der Waals surface area contributed by atoms with Crippen LogP contribution in [0, 0.1) is 6.92 Å². The Hall–Kier alpha value is -2.54. The summed E-state index contributed by atoms with van der Waals surface area (Å²) >= 11 is 6.17. The van der Waals surface area contributed by atoms with Crippen LogP contribution in [0.1, 0.15) is 12.5 Å². The number of rotatable bonds is 4. The van der Waals surface area contributed by atoms with Gasteiger partial charge in [0.15, 0.2) is 0 Å². The predicted octanol–water partition coefficient (Wildman–Crippen LogP) is 3.46. The third kappa shape index (κ3) is 4.16. The van der Waals surface area contributed by atoms with Gasteiger partial charge in [-0.25, -0.2) is 14.8 Å². The molecule has 0 spiro atoms. The third-order valence-electron chi connectivity index (χ3n) is 4.31. The molecule has 0 bridgehead atoms. The smallest absolute Gasteiger partial charge is 0.409 e. The van der Waals surface area contributed by atoms with Crippen molar-refractivity contribution in [2.75, 3.05) is 43.0 Å². The van der Waals surface area contributed by atoms with E-state index in [0.717, 1.165) is 17.1 Å². The highest BCUT2D eigenvalue weighted by atomic mass is 35.5. The van der Waals surface area contributed by atoms with Gasteiger partial charge in [-0.1, -0.05) is 17.7 Å². The largest absolute Gasteiger partial charge is 0.450 e. The van der Waals surface area contributed by atoms with Gasteiger partial charge < -0.3 is 19.9 Å². The van der Waals surface area contributed by atoms with Gasteiger partial charge in [-0.15, -0.1) is 0 Å². The molecule has 1 aliphatic rings. The summed E-state index contributed by atoms with van der Waals surface area (Å²) in [6, 6.07) is 7.62. The Morgan fingerprint density at radius 3 is 2.77 bits per heavy atom. The number of hydrogen-bond donors (Lipinski definition) is 1. The first-order valence-corrected chi connectivity index (χ1v) is 8.97. The van der Waals surface area contributed by atoms with Crippen LogP contribution < -0.4 is 10.2 Å². The minimum Gasteiger partial charge on any atom is -0.450 e. The maximum atomic E-state index is 11.8. The quantitative estimate of drug-likeness (QED) is 0.882. The Balaban J connectivity index is 1.67. The highest BCUT2D eigenvalue weighted by molar-refractivity contribution is 6.31. The normalized spacial score (nSPS) is 14.3. The zero-order chi connectivity index (χ0) is 18.5. The molecule has 2 aromatic rings. The van der Waals surface area contributed by atoms with E-state index in [1.807, 2.05) is 38.1 Å². The molecule has 1 aliphatic heterocycles. The molecule has 26 heavy (non-hydrogen) atoms. The van der Waals surface area contributed by atoms with Crippen molar-refractivity contribution < 1.29 is 9.53 Å². The summed E-state index contributed by atoms with van der Waals surface area (Å²) in [6.45, 7) is 6.78. The topological polar surface area (TPSA) is 70.6 Å². The van der Waals surface area contributed by atoms with Crippen LogP contribution in [0.15, 0.2) is 30.6 Å². The molecule has 0 unspecified atom stereocenters. The van der Waals surface area contributed by atoms with Crippen molar-refractivity contribution in [3.05, 3.63) is 41.2 Å². The second-order valence-corrected chi connectivity index (χ2v) is 6.38. The lowest BCUT2D eigenvalue weighted by molar-refractivity contribution is 0.105. The van der Waals surface area contributed by atoms with Crippen molar-refractivity contribution in [1.82, 2.24) is 14.9 Å². The summed E-state index contributed by atoms with van der Waals surface area (Å²) in [6.07, 6.45) is 1.28. The fourth-order valence-corrected chi connectivity index (χ4v) is 2.98. The first-order valence-electron chi connectivity index (χ1n) is 8.59. The van der Waals surface area contributed by atoms with Crippen molar-refractivity contribution in [3.63, 3.8) is 0 Å². The second-order valence-electron chi connectivity index (χ2n) is 5.97. The zero-order valence-electron chi connectivity index (χ0n) is 14.9. The standard InChI is InChI=1S/C18H22ClN5O2/c1-3-26-18(25)24-9-7-23(8-10-24)17-11-16(20-12-21-17)22-15-6-4-5-14(19)13(15)2/h4-6,11-12H,3,7-10H2,1-2H3,(H,20,21,22). The number of nitrogens with one attached hydrogen (secondary N) is 1. The first kappa shape index (κ1) is 18.3. The van der Waals surface area contributed by atoms with E-state index in [9.17, 15) is 4.79 Å². The highest BCUT2D eigenvalue weighted by Gasteiger charge is 2.22. The Labute approximate surface area is 157 Å². The maximum absolute atomic E-state index is 11.8. The molecule has 1 N–H and O–H groups in total. The van der Waals surface area contributed by atoms with Crippen LogP contribution in [-0.2, 0) is 4.74 Å². The number of benzene rings is 1. The van der Waals surface area contributed by atoms with Crippen LogP contribution in [-0.4, -0.2) is 53.7 Å². The van der Waals surface area contributed by atoms with E-state index in [2.05, 4.69) is 20.2 Å². The summed E-state index contributed by atoms with van der Waals surface area (Å²) in [7, 11) is 0. The van der Waals surface area contributed by atoms with Crippen LogP contribution in [0.25, 0.3) is 0 Å². The number of carbonyl (C=O) groups excluding carboxylic acids is 1. The van der Waals surface area contributed by atoms with E-state index in [1.54, 1.807) is 4.90 Å². The molecule has 1 aromatic heterocycles. The number of nitrogens with zero attached hydrogens (tertiary/aromatic N) is 4. The fraction of sp³-hybridized carbons (Fsp3) is 0.389. The molecule has 8 heteroatoms. The van der Waals surface area contributed by atoms with E-state index >= 15 is 0 Å². The lowest BCUT2D eigenvalue weighted by Gasteiger charge is -2.34. The number of ether oxygens (including phenoxy) is 1. The van der Waals surface area contributed by atoms with Crippen LogP contribution in [0.5, 0.6) is 0 Å². The third-order valence-corrected chi connectivity index (χ3v) is 4.72.